The van der Waals surface area contributed by atoms with Gasteiger partial charge in [0.1, 0.15) is 0 Å². The highest BCUT2D eigenvalue weighted by atomic mass is 32.2. The third kappa shape index (κ3) is 6.51. The predicted molar refractivity (Wildman–Crippen MR) is 97.0 cm³/mol. The van der Waals surface area contributed by atoms with Crippen LogP contribution in [0.15, 0.2) is 0 Å². The first kappa shape index (κ1) is 19.4. The van der Waals surface area contributed by atoms with E-state index in [1.54, 1.807) is 11.8 Å². The van der Waals surface area contributed by atoms with Crippen molar-refractivity contribution in [3.8, 4) is 0 Å². The second-order valence-corrected chi connectivity index (χ2v) is 7.71. The Kier molecular flexibility index (Phi) is 8.74. The van der Waals surface area contributed by atoms with Gasteiger partial charge in [0.25, 0.3) is 0 Å². The van der Waals surface area contributed by atoms with Gasteiger partial charge in [0.2, 0.25) is 5.91 Å². The summed E-state index contributed by atoms with van der Waals surface area (Å²) in [6.45, 7) is 4.88. The molecule has 0 bridgehead atoms. The average Bonchev–Trinajstić information content (AvgIpc) is 3.27. The number of rotatable bonds is 9. The van der Waals surface area contributed by atoms with Crippen molar-refractivity contribution in [3.63, 3.8) is 0 Å². The van der Waals surface area contributed by atoms with Crippen LogP contribution in [0.25, 0.3) is 0 Å². The molecule has 0 spiro atoms. The fourth-order valence-electron chi connectivity index (χ4n) is 3.11. The Balaban J connectivity index is 1.53. The van der Waals surface area contributed by atoms with E-state index in [1.807, 2.05) is 4.90 Å². The second-order valence-electron chi connectivity index (χ2n) is 6.63. The number of amides is 2. The molecule has 0 aromatic heterocycles. The molecule has 0 aromatic carbocycles. The Morgan fingerprint density at radius 1 is 1.29 bits per heavy atom. The fourth-order valence-corrected chi connectivity index (χ4v) is 4.07. The van der Waals surface area contributed by atoms with Crippen molar-refractivity contribution >= 4 is 23.8 Å². The zero-order valence-electron chi connectivity index (χ0n) is 14.7. The van der Waals surface area contributed by atoms with Crippen molar-refractivity contribution in [1.82, 2.24) is 15.5 Å². The molecule has 138 valence electrons. The maximum Gasteiger partial charge on any atom is 0.407 e. The Morgan fingerprint density at radius 3 is 2.88 bits per heavy atom. The highest BCUT2D eigenvalue weighted by Crippen LogP contribution is 2.19. The van der Waals surface area contributed by atoms with Gasteiger partial charge in [-0.05, 0) is 18.8 Å². The summed E-state index contributed by atoms with van der Waals surface area (Å²) in [7, 11) is 0. The molecule has 24 heavy (non-hydrogen) atoms. The minimum atomic E-state index is -0.337. The van der Waals surface area contributed by atoms with Crippen molar-refractivity contribution in [1.29, 1.82) is 0 Å². The molecule has 2 fully saturated rings. The highest BCUT2D eigenvalue weighted by molar-refractivity contribution is 7.99. The number of hydrogen-bond donors (Lipinski definition) is 2. The summed E-state index contributed by atoms with van der Waals surface area (Å²) >= 11 is 1.80. The summed E-state index contributed by atoms with van der Waals surface area (Å²) in [5.74, 6) is 2.35. The lowest BCUT2D eigenvalue weighted by Crippen LogP contribution is -2.42. The van der Waals surface area contributed by atoms with Gasteiger partial charge < -0.3 is 20.3 Å². The van der Waals surface area contributed by atoms with Crippen molar-refractivity contribution in [2.75, 3.05) is 37.9 Å². The lowest BCUT2D eigenvalue weighted by atomic mass is 10.1. The molecule has 2 aliphatic rings. The number of nitrogens with zero attached hydrogens (tertiary/aromatic N) is 1. The summed E-state index contributed by atoms with van der Waals surface area (Å²) in [5, 5.41) is 6.11. The normalized spacial score (nSPS) is 23.5. The van der Waals surface area contributed by atoms with Gasteiger partial charge in [-0.1, -0.05) is 32.6 Å². The molecule has 2 saturated heterocycles. The van der Waals surface area contributed by atoms with Crippen LogP contribution in [0.3, 0.4) is 0 Å². The van der Waals surface area contributed by atoms with Crippen molar-refractivity contribution in [3.05, 3.63) is 0 Å². The van der Waals surface area contributed by atoms with E-state index in [2.05, 4.69) is 17.6 Å². The molecule has 0 radical (unpaired) electrons. The smallest absolute Gasteiger partial charge is 0.407 e. The minimum absolute atomic E-state index is 0.0925. The van der Waals surface area contributed by atoms with Crippen LogP contribution in [0.5, 0.6) is 0 Å². The van der Waals surface area contributed by atoms with Gasteiger partial charge in [-0.3, -0.25) is 4.79 Å². The first-order valence-electron chi connectivity index (χ1n) is 9.21. The Hall–Kier alpha value is -0.950. The van der Waals surface area contributed by atoms with Crippen LogP contribution in [0, 0.1) is 5.92 Å². The molecule has 0 saturated carbocycles. The Bertz CT molecular complexity index is 403. The SMILES string of the molecule is CCCCCCCOC(=O)NCC1CNC(C(=O)N2CCSC2)C1. The number of carbonyl (C=O) groups is 2. The monoisotopic (exact) mass is 357 g/mol. The Morgan fingerprint density at radius 2 is 2.12 bits per heavy atom. The first-order chi connectivity index (χ1) is 11.7. The summed E-state index contributed by atoms with van der Waals surface area (Å²) < 4.78 is 5.19. The molecule has 2 atom stereocenters. The van der Waals surface area contributed by atoms with Crippen LogP contribution in [-0.4, -0.2) is 60.8 Å². The minimum Gasteiger partial charge on any atom is -0.450 e. The number of unbranched alkanes of at least 4 members (excludes halogenated alkanes) is 4. The number of nitrogens with one attached hydrogen (secondary N) is 2. The van der Waals surface area contributed by atoms with E-state index in [9.17, 15) is 9.59 Å². The number of ether oxygens (including phenoxy) is 1. The maximum atomic E-state index is 12.3. The van der Waals surface area contributed by atoms with E-state index in [-0.39, 0.29) is 18.0 Å². The van der Waals surface area contributed by atoms with Crippen LogP contribution in [-0.2, 0) is 9.53 Å². The fraction of sp³-hybridized carbons (Fsp3) is 0.882. The zero-order valence-corrected chi connectivity index (χ0v) is 15.5. The summed E-state index contributed by atoms with van der Waals surface area (Å²) in [6, 6.07) is -0.0925. The van der Waals surface area contributed by atoms with Gasteiger partial charge in [0.05, 0.1) is 18.5 Å². The largest absolute Gasteiger partial charge is 0.450 e. The lowest BCUT2D eigenvalue weighted by Gasteiger charge is -2.19. The summed E-state index contributed by atoms with van der Waals surface area (Å²) in [5.41, 5.74) is 0. The molecule has 2 aliphatic heterocycles. The lowest BCUT2D eigenvalue weighted by molar-refractivity contribution is -0.131. The first-order valence-corrected chi connectivity index (χ1v) is 10.4. The van der Waals surface area contributed by atoms with E-state index >= 15 is 0 Å². The second kappa shape index (κ2) is 10.8. The van der Waals surface area contributed by atoms with Gasteiger partial charge in [0, 0.05) is 25.4 Å². The standard InChI is InChI=1S/C17H31N3O3S/c1-2-3-4-5-6-8-23-17(22)19-12-14-10-15(18-11-14)16(21)20-7-9-24-13-20/h14-15,18H,2-13H2,1H3,(H,19,22). The zero-order chi connectivity index (χ0) is 17.2. The molecule has 0 aliphatic carbocycles. The van der Waals surface area contributed by atoms with Gasteiger partial charge in [0.15, 0.2) is 0 Å². The molecule has 2 unspecified atom stereocenters. The highest BCUT2D eigenvalue weighted by Gasteiger charge is 2.33. The van der Waals surface area contributed by atoms with Crippen LogP contribution < -0.4 is 10.6 Å². The van der Waals surface area contributed by atoms with Crippen LogP contribution in [0.4, 0.5) is 4.79 Å². The molecule has 2 N–H and O–H groups in total. The molecule has 7 heteroatoms. The number of carbonyl (C=O) groups excluding carboxylic acids is 2. The molecule has 6 nitrogen and oxygen atoms in total. The molecule has 2 rings (SSSR count). The summed E-state index contributed by atoms with van der Waals surface area (Å²) in [4.78, 5) is 25.9. The van der Waals surface area contributed by atoms with E-state index in [0.29, 0.717) is 19.1 Å². The average molecular weight is 358 g/mol. The maximum absolute atomic E-state index is 12.3. The third-order valence-electron chi connectivity index (χ3n) is 4.60. The van der Waals surface area contributed by atoms with Gasteiger partial charge in [-0.15, -0.1) is 11.8 Å². The number of alkyl carbamates (subject to hydrolysis) is 1. The van der Waals surface area contributed by atoms with E-state index in [4.69, 9.17) is 4.74 Å². The molecule has 2 amide bonds. The number of hydrogen-bond acceptors (Lipinski definition) is 5. The number of thioether (sulfide) groups is 1. The molecular weight excluding hydrogens is 326 g/mol. The van der Waals surface area contributed by atoms with Crippen LogP contribution in [0.1, 0.15) is 45.4 Å². The summed E-state index contributed by atoms with van der Waals surface area (Å²) in [6.07, 6.45) is 6.18. The third-order valence-corrected chi connectivity index (χ3v) is 5.57. The van der Waals surface area contributed by atoms with Gasteiger partial charge in [-0.2, -0.15) is 0 Å². The topological polar surface area (TPSA) is 70.7 Å². The van der Waals surface area contributed by atoms with E-state index < -0.39 is 0 Å². The van der Waals surface area contributed by atoms with E-state index in [1.165, 1.54) is 19.3 Å². The molecule has 0 aromatic rings. The van der Waals surface area contributed by atoms with Gasteiger partial charge >= 0.3 is 6.09 Å². The molecule has 2 heterocycles. The molecular formula is C17H31N3O3S. The predicted octanol–water partition coefficient (Wildman–Crippen LogP) is 2.19. The van der Waals surface area contributed by atoms with E-state index in [0.717, 1.165) is 44.0 Å². The van der Waals surface area contributed by atoms with Crippen molar-refractivity contribution in [2.24, 2.45) is 5.92 Å². The Labute approximate surface area is 149 Å². The van der Waals surface area contributed by atoms with Crippen LogP contribution in [0.2, 0.25) is 0 Å². The van der Waals surface area contributed by atoms with Crippen LogP contribution >= 0.6 is 11.8 Å². The van der Waals surface area contributed by atoms with Crippen molar-refractivity contribution in [2.45, 2.75) is 51.5 Å². The quantitative estimate of drug-likeness (QED) is 0.619. The van der Waals surface area contributed by atoms with Crippen molar-refractivity contribution < 1.29 is 14.3 Å². The van der Waals surface area contributed by atoms with Gasteiger partial charge in [-0.25, -0.2) is 4.79 Å².